The lowest BCUT2D eigenvalue weighted by Crippen LogP contribution is -2.26. The molecule has 0 saturated carbocycles. The first-order valence-electron chi connectivity index (χ1n) is 6.98. The second-order valence-electron chi connectivity index (χ2n) is 5.70. The van der Waals surface area contributed by atoms with E-state index in [1.165, 1.54) is 35.1 Å². The van der Waals surface area contributed by atoms with Gasteiger partial charge in [-0.1, -0.05) is 6.07 Å². The summed E-state index contributed by atoms with van der Waals surface area (Å²) in [5.41, 5.74) is 6.23. The first kappa shape index (κ1) is 13.6. The van der Waals surface area contributed by atoms with Crippen molar-refractivity contribution in [3.05, 3.63) is 33.9 Å². The zero-order chi connectivity index (χ0) is 13.3. The maximum atomic E-state index is 10.5. The molecule has 2 heteroatoms. The van der Waals surface area contributed by atoms with E-state index in [-0.39, 0.29) is 6.10 Å². The molecule has 1 aromatic rings. The number of rotatable bonds is 3. The van der Waals surface area contributed by atoms with Gasteiger partial charge >= 0.3 is 0 Å². The first-order valence-corrected chi connectivity index (χ1v) is 6.98. The highest BCUT2D eigenvalue weighted by Gasteiger charge is 2.21. The maximum absolute atomic E-state index is 10.5. The zero-order valence-corrected chi connectivity index (χ0v) is 12.1. The Balaban J connectivity index is 2.25. The first-order chi connectivity index (χ1) is 8.50. The topological polar surface area (TPSA) is 23.5 Å². The molecule has 0 bridgehead atoms. The van der Waals surface area contributed by atoms with Gasteiger partial charge in [0.25, 0.3) is 0 Å². The number of likely N-dealkylation sites (tertiary alicyclic amines) is 1. The summed E-state index contributed by atoms with van der Waals surface area (Å²) < 4.78 is 0. The number of aliphatic hydroxyl groups excluding tert-OH is 1. The van der Waals surface area contributed by atoms with Gasteiger partial charge in [0.05, 0.1) is 6.10 Å². The predicted molar refractivity (Wildman–Crippen MR) is 76.0 cm³/mol. The highest BCUT2D eigenvalue weighted by Crippen LogP contribution is 2.28. The van der Waals surface area contributed by atoms with Gasteiger partial charge in [-0.3, -0.25) is 0 Å². The predicted octanol–water partition coefficient (Wildman–Crippen LogP) is 3.05. The molecule has 18 heavy (non-hydrogen) atoms. The Labute approximate surface area is 111 Å². The third-order valence-electron chi connectivity index (χ3n) is 4.39. The smallest absolute Gasteiger partial charge is 0.0922 e. The van der Waals surface area contributed by atoms with Crippen molar-refractivity contribution in [3.63, 3.8) is 0 Å². The Kier molecular flexibility index (Phi) is 4.08. The second kappa shape index (κ2) is 5.41. The van der Waals surface area contributed by atoms with E-state index in [4.69, 9.17) is 0 Å². The van der Waals surface area contributed by atoms with Crippen LogP contribution in [-0.2, 0) is 0 Å². The summed E-state index contributed by atoms with van der Waals surface area (Å²) in [6.07, 6.45) is 2.21. The molecule has 1 unspecified atom stereocenters. The Bertz CT molecular complexity index is 407. The van der Waals surface area contributed by atoms with Crippen molar-refractivity contribution in [2.45, 2.75) is 46.6 Å². The quantitative estimate of drug-likeness (QED) is 0.887. The summed E-state index contributed by atoms with van der Waals surface area (Å²) in [5.74, 6) is 0. The molecule has 1 aliphatic rings. The maximum Gasteiger partial charge on any atom is 0.0922 e. The van der Waals surface area contributed by atoms with E-state index in [0.29, 0.717) is 0 Å². The van der Waals surface area contributed by atoms with Gasteiger partial charge in [0.2, 0.25) is 0 Å². The van der Waals surface area contributed by atoms with Gasteiger partial charge in [-0.15, -0.1) is 0 Å². The van der Waals surface area contributed by atoms with Crippen molar-refractivity contribution in [2.24, 2.45) is 0 Å². The molecule has 2 rings (SSSR count). The van der Waals surface area contributed by atoms with Crippen molar-refractivity contribution >= 4 is 0 Å². The van der Waals surface area contributed by atoms with Gasteiger partial charge in [0.1, 0.15) is 0 Å². The Morgan fingerprint density at radius 2 is 1.56 bits per heavy atom. The average Bonchev–Trinajstić information content (AvgIpc) is 2.79. The van der Waals surface area contributed by atoms with Gasteiger partial charge in [0.15, 0.2) is 0 Å². The molecule has 0 aromatic heterocycles. The van der Waals surface area contributed by atoms with E-state index >= 15 is 0 Å². The summed E-state index contributed by atoms with van der Waals surface area (Å²) in [5, 5.41) is 10.5. The van der Waals surface area contributed by atoms with Crippen molar-refractivity contribution in [1.29, 1.82) is 0 Å². The number of aryl methyl sites for hydroxylation is 2. The van der Waals surface area contributed by atoms with Crippen LogP contribution in [0.1, 0.15) is 46.8 Å². The molecule has 0 aliphatic carbocycles. The van der Waals surface area contributed by atoms with Crippen LogP contribution in [0.2, 0.25) is 0 Å². The minimum absolute atomic E-state index is 0.346. The second-order valence-corrected chi connectivity index (χ2v) is 5.70. The minimum Gasteiger partial charge on any atom is -0.387 e. The van der Waals surface area contributed by atoms with Gasteiger partial charge in [-0.2, -0.15) is 0 Å². The highest BCUT2D eigenvalue weighted by molar-refractivity contribution is 5.45. The van der Waals surface area contributed by atoms with E-state index in [0.717, 1.165) is 25.2 Å². The van der Waals surface area contributed by atoms with E-state index < -0.39 is 0 Å². The molecule has 0 spiro atoms. The van der Waals surface area contributed by atoms with Crippen LogP contribution in [0.4, 0.5) is 0 Å². The molecule has 1 N–H and O–H groups in total. The molecular weight excluding hydrogens is 222 g/mol. The standard InChI is InChI=1S/C16H25NO/c1-11-9-12(2)14(4)16(13(11)3)15(18)10-17-7-5-6-8-17/h9,15,18H,5-8,10H2,1-4H3. The number of hydrogen-bond donors (Lipinski definition) is 1. The highest BCUT2D eigenvalue weighted by atomic mass is 16.3. The third kappa shape index (κ3) is 2.60. The monoisotopic (exact) mass is 247 g/mol. The Morgan fingerprint density at radius 1 is 1.06 bits per heavy atom. The summed E-state index contributed by atoms with van der Waals surface area (Å²) in [6.45, 7) is 11.6. The SMILES string of the molecule is Cc1cc(C)c(C)c(C(O)CN2CCCC2)c1C. The van der Waals surface area contributed by atoms with Crippen molar-refractivity contribution < 1.29 is 5.11 Å². The Morgan fingerprint density at radius 3 is 2.06 bits per heavy atom. The lowest BCUT2D eigenvalue weighted by Gasteiger charge is -2.24. The summed E-state index contributed by atoms with van der Waals surface area (Å²) >= 11 is 0. The fourth-order valence-corrected chi connectivity index (χ4v) is 3.05. The van der Waals surface area contributed by atoms with Crippen molar-refractivity contribution in [3.8, 4) is 0 Å². The number of hydrogen-bond acceptors (Lipinski definition) is 2. The number of benzene rings is 1. The zero-order valence-electron chi connectivity index (χ0n) is 12.1. The van der Waals surface area contributed by atoms with Gasteiger partial charge in [0, 0.05) is 6.54 Å². The molecule has 1 heterocycles. The van der Waals surface area contributed by atoms with Crippen LogP contribution in [0.15, 0.2) is 6.07 Å². The van der Waals surface area contributed by atoms with Crippen LogP contribution >= 0.6 is 0 Å². The van der Waals surface area contributed by atoms with Crippen LogP contribution in [0.3, 0.4) is 0 Å². The molecular formula is C16H25NO. The van der Waals surface area contributed by atoms with Gasteiger partial charge in [-0.05, 0) is 81.4 Å². The van der Waals surface area contributed by atoms with E-state index in [1.807, 2.05) is 0 Å². The lowest BCUT2D eigenvalue weighted by atomic mass is 9.91. The molecule has 1 fully saturated rings. The molecule has 1 aromatic carbocycles. The normalized spacial score (nSPS) is 18.3. The van der Waals surface area contributed by atoms with Crippen LogP contribution in [0.5, 0.6) is 0 Å². The lowest BCUT2D eigenvalue weighted by molar-refractivity contribution is 0.125. The van der Waals surface area contributed by atoms with Crippen LogP contribution in [-0.4, -0.2) is 29.6 Å². The number of aliphatic hydroxyl groups is 1. The molecule has 1 saturated heterocycles. The van der Waals surface area contributed by atoms with Crippen LogP contribution in [0.25, 0.3) is 0 Å². The Hall–Kier alpha value is -0.860. The average molecular weight is 247 g/mol. The summed E-state index contributed by atoms with van der Waals surface area (Å²) in [4.78, 5) is 2.38. The van der Waals surface area contributed by atoms with E-state index in [1.54, 1.807) is 0 Å². The van der Waals surface area contributed by atoms with Gasteiger partial charge in [-0.25, -0.2) is 0 Å². The van der Waals surface area contributed by atoms with E-state index in [2.05, 4.69) is 38.7 Å². The fraction of sp³-hybridized carbons (Fsp3) is 0.625. The molecule has 1 aliphatic heterocycles. The number of nitrogens with zero attached hydrogens (tertiary/aromatic N) is 1. The van der Waals surface area contributed by atoms with Crippen molar-refractivity contribution in [2.75, 3.05) is 19.6 Å². The molecule has 2 nitrogen and oxygen atoms in total. The van der Waals surface area contributed by atoms with Crippen molar-refractivity contribution in [1.82, 2.24) is 4.90 Å². The van der Waals surface area contributed by atoms with Crippen LogP contribution < -0.4 is 0 Å². The van der Waals surface area contributed by atoms with Gasteiger partial charge < -0.3 is 10.0 Å². The third-order valence-corrected chi connectivity index (χ3v) is 4.39. The van der Waals surface area contributed by atoms with Crippen LogP contribution in [0, 0.1) is 27.7 Å². The largest absolute Gasteiger partial charge is 0.387 e. The molecule has 0 radical (unpaired) electrons. The minimum atomic E-state index is -0.346. The summed E-state index contributed by atoms with van der Waals surface area (Å²) in [6, 6.07) is 2.22. The number of β-amino-alcohol motifs (C(OH)–C–C–N with tert-alkyl or cyclic N) is 1. The van der Waals surface area contributed by atoms with E-state index in [9.17, 15) is 5.11 Å². The fourth-order valence-electron chi connectivity index (χ4n) is 3.05. The molecule has 0 amide bonds. The summed E-state index contributed by atoms with van der Waals surface area (Å²) in [7, 11) is 0. The molecule has 100 valence electrons. The molecule has 1 atom stereocenters.